The fourth-order valence-corrected chi connectivity index (χ4v) is 4.41. The molecular weight excluding hydrogens is 562 g/mol. The lowest BCUT2D eigenvalue weighted by molar-refractivity contribution is -0.170. The molecule has 1 heterocycles. The lowest BCUT2D eigenvalue weighted by Gasteiger charge is -2.24. The van der Waals surface area contributed by atoms with Crippen molar-refractivity contribution < 1.29 is 54.1 Å². The number of fused-ring (bicyclic) bond motifs is 1. The van der Waals surface area contributed by atoms with E-state index >= 15 is 0 Å². The smallest absolute Gasteiger partial charge is 0.336 e. The van der Waals surface area contributed by atoms with Crippen molar-refractivity contribution >= 4 is 17.9 Å². The number of aliphatic carboxylic acids is 3. The Balaban J connectivity index is 0.000000331. The van der Waals surface area contributed by atoms with E-state index in [4.69, 9.17) is 34.6 Å². The van der Waals surface area contributed by atoms with Gasteiger partial charge in [-0.05, 0) is 53.4 Å². The van der Waals surface area contributed by atoms with Gasteiger partial charge >= 0.3 is 17.9 Å². The van der Waals surface area contributed by atoms with Crippen molar-refractivity contribution in [3.8, 4) is 28.4 Å². The van der Waals surface area contributed by atoms with Crippen LogP contribution in [0.25, 0.3) is 11.1 Å². The first-order valence-corrected chi connectivity index (χ1v) is 13.3. The van der Waals surface area contributed by atoms with Gasteiger partial charge in [-0.3, -0.25) is 14.5 Å². The molecule has 0 saturated carbocycles. The molecule has 12 nitrogen and oxygen atoms in total. The minimum atomic E-state index is -2.74. The number of benzene rings is 3. The van der Waals surface area contributed by atoms with E-state index in [-0.39, 0.29) is 6.79 Å². The van der Waals surface area contributed by atoms with Crippen LogP contribution in [0.15, 0.2) is 66.7 Å². The van der Waals surface area contributed by atoms with Crippen molar-refractivity contribution in [2.45, 2.75) is 44.6 Å². The number of ether oxygens (including phenoxy) is 3. The molecule has 4 rings (SSSR count). The number of aliphatic hydroxyl groups is 2. The summed E-state index contributed by atoms with van der Waals surface area (Å²) < 4.78 is 16.1. The second-order valence-corrected chi connectivity index (χ2v) is 10.1. The largest absolute Gasteiger partial charge is 0.497 e. The van der Waals surface area contributed by atoms with E-state index in [1.807, 2.05) is 31.2 Å². The van der Waals surface area contributed by atoms with E-state index in [0.29, 0.717) is 6.54 Å². The molecule has 0 aromatic heterocycles. The number of aliphatic hydroxyl groups excluding tert-OH is 1. The monoisotopic (exact) mass is 597 g/mol. The summed E-state index contributed by atoms with van der Waals surface area (Å²) in [5.74, 6) is -2.59. The number of carbonyl (C=O) groups is 3. The van der Waals surface area contributed by atoms with Crippen LogP contribution >= 0.6 is 0 Å². The van der Waals surface area contributed by atoms with Crippen LogP contribution in [0, 0.1) is 0 Å². The van der Waals surface area contributed by atoms with Crippen LogP contribution < -0.4 is 14.2 Å². The maximum absolute atomic E-state index is 10.3. The minimum Gasteiger partial charge on any atom is -0.497 e. The van der Waals surface area contributed by atoms with Crippen LogP contribution in [0.3, 0.4) is 0 Å². The first kappa shape index (κ1) is 32.9. The van der Waals surface area contributed by atoms with Gasteiger partial charge in [0, 0.05) is 19.6 Å². The standard InChI is InChI=1S/C25H27NO4.C6H8O7/c1-18(27)14-26(16-20-5-12-24-25(13-20)30-17-29-24)15-19-3-6-21(7-4-19)22-8-10-23(28-2)11-9-22;7-3(8)1-6(13,5(11)12)2-4(9)10/h3-13,18,27H,14-17H2,1-2H3;13H,1-2H2,(H,7,8)(H,9,10)(H,11,12). The summed E-state index contributed by atoms with van der Waals surface area (Å²) in [5, 5.41) is 43.8. The van der Waals surface area contributed by atoms with Gasteiger partial charge in [0.25, 0.3) is 0 Å². The molecule has 5 N–H and O–H groups in total. The van der Waals surface area contributed by atoms with Crippen molar-refractivity contribution in [1.29, 1.82) is 0 Å². The number of rotatable bonds is 13. The Labute approximate surface area is 248 Å². The first-order valence-electron chi connectivity index (χ1n) is 13.3. The average Bonchev–Trinajstić information content (AvgIpc) is 3.41. The molecule has 0 amide bonds. The summed E-state index contributed by atoms with van der Waals surface area (Å²) >= 11 is 0. The molecule has 1 atom stereocenters. The lowest BCUT2D eigenvalue weighted by atomic mass is 9.96. The van der Waals surface area contributed by atoms with Crippen LogP contribution in [0.5, 0.6) is 17.2 Å². The Kier molecular flexibility index (Phi) is 11.5. The summed E-state index contributed by atoms with van der Waals surface area (Å²) in [5.41, 5.74) is 1.92. The molecule has 230 valence electrons. The molecule has 0 aliphatic carbocycles. The van der Waals surface area contributed by atoms with Crippen molar-refractivity contribution in [3.05, 3.63) is 77.9 Å². The second kappa shape index (κ2) is 15.0. The zero-order valence-electron chi connectivity index (χ0n) is 23.8. The van der Waals surface area contributed by atoms with Gasteiger partial charge in [0.15, 0.2) is 17.1 Å². The van der Waals surface area contributed by atoms with Gasteiger partial charge in [-0.1, -0.05) is 42.5 Å². The molecular formula is C31H35NO11. The summed E-state index contributed by atoms with van der Waals surface area (Å²) in [6.45, 7) is 4.16. The fraction of sp³-hybridized carbons (Fsp3) is 0.323. The molecule has 0 bridgehead atoms. The van der Waals surface area contributed by atoms with Crippen LogP contribution in [-0.4, -0.2) is 80.5 Å². The first-order chi connectivity index (χ1) is 20.4. The molecule has 0 radical (unpaired) electrons. The van der Waals surface area contributed by atoms with E-state index in [9.17, 15) is 19.5 Å². The SMILES string of the molecule is COc1ccc(-c2ccc(CN(Cc3ccc4c(c3)OCO4)CC(C)O)cc2)cc1.O=C(O)CC(O)(CC(=O)O)C(=O)O. The molecule has 1 aliphatic heterocycles. The third kappa shape index (κ3) is 9.99. The van der Waals surface area contributed by atoms with Crippen LogP contribution in [0.2, 0.25) is 0 Å². The lowest BCUT2D eigenvalue weighted by Crippen LogP contribution is -2.42. The number of hydrogen-bond acceptors (Lipinski definition) is 9. The minimum absolute atomic E-state index is 0.275. The van der Waals surface area contributed by atoms with Crippen LogP contribution in [0.1, 0.15) is 30.9 Å². The number of hydrogen-bond donors (Lipinski definition) is 5. The van der Waals surface area contributed by atoms with Gasteiger partial charge in [-0.15, -0.1) is 0 Å². The maximum atomic E-state index is 10.3. The van der Waals surface area contributed by atoms with Gasteiger partial charge < -0.3 is 39.7 Å². The van der Waals surface area contributed by atoms with E-state index in [0.717, 1.165) is 41.5 Å². The highest BCUT2D eigenvalue weighted by atomic mass is 16.7. The van der Waals surface area contributed by atoms with Gasteiger partial charge in [-0.25, -0.2) is 4.79 Å². The van der Waals surface area contributed by atoms with Crippen molar-refractivity contribution in [2.75, 3.05) is 20.4 Å². The van der Waals surface area contributed by atoms with Crippen LogP contribution in [0.4, 0.5) is 0 Å². The predicted octanol–water partition coefficient (Wildman–Crippen LogP) is 3.23. The van der Waals surface area contributed by atoms with Crippen LogP contribution in [-0.2, 0) is 27.5 Å². The third-order valence-corrected chi connectivity index (χ3v) is 6.43. The van der Waals surface area contributed by atoms with E-state index in [1.54, 1.807) is 7.11 Å². The number of methoxy groups -OCH3 is 1. The highest BCUT2D eigenvalue weighted by Gasteiger charge is 2.40. The molecule has 0 saturated heterocycles. The third-order valence-electron chi connectivity index (χ3n) is 6.43. The fourth-order valence-electron chi connectivity index (χ4n) is 4.41. The zero-order valence-corrected chi connectivity index (χ0v) is 23.8. The summed E-state index contributed by atoms with van der Waals surface area (Å²) in [6.07, 6.45) is -2.69. The molecule has 43 heavy (non-hydrogen) atoms. The number of carboxylic acid groups (broad SMARTS) is 3. The van der Waals surface area contributed by atoms with Gasteiger partial charge in [-0.2, -0.15) is 0 Å². The van der Waals surface area contributed by atoms with E-state index < -0.39 is 42.5 Å². The van der Waals surface area contributed by atoms with Gasteiger partial charge in [0.05, 0.1) is 26.1 Å². The summed E-state index contributed by atoms with van der Waals surface area (Å²) in [7, 11) is 1.67. The summed E-state index contributed by atoms with van der Waals surface area (Å²) in [4.78, 5) is 32.7. The quantitative estimate of drug-likeness (QED) is 0.194. The highest BCUT2D eigenvalue weighted by molar-refractivity contribution is 5.88. The Morgan fingerprint density at radius 3 is 1.86 bits per heavy atom. The zero-order chi connectivity index (χ0) is 31.6. The number of carboxylic acids is 3. The molecule has 12 heteroatoms. The average molecular weight is 598 g/mol. The molecule has 1 aliphatic rings. The van der Waals surface area contributed by atoms with Crippen molar-refractivity contribution in [3.63, 3.8) is 0 Å². The Bertz CT molecular complexity index is 1370. The number of nitrogens with zero attached hydrogens (tertiary/aromatic N) is 1. The Morgan fingerprint density at radius 1 is 0.837 bits per heavy atom. The maximum Gasteiger partial charge on any atom is 0.336 e. The molecule has 1 unspecified atom stereocenters. The van der Waals surface area contributed by atoms with Gasteiger partial charge in [0.2, 0.25) is 6.79 Å². The van der Waals surface area contributed by atoms with Gasteiger partial charge in [0.1, 0.15) is 5.75 Å². The normalized spacial score (nSPS) is 12.7. The highest BCUT2D eigenvalue weighted by Crippen LogP contribution is 2.33. The van der Waals surface area contributed by atoms with E-state index in [1.165, 1.54) is 11.1 Å². The summed E-state index contributed by atoms with van der Waals surface area (Å²) in [6, 6.07) is 22.7. The Hall–Kier alpha value is -4.65. The topological polar surface area (TPSA) is 183 Å². The predicted molar refractivity (Wildman–Crippen MR) is 154 cm³/mol. The van der Waals surface area contributed by atoms with E-state index in [2.05, 4.69) is 47.4 Å². The van der Waals surface area contributed by atoms with Crippen molar-refractivity contribution in [2.24, 2.45) is 0 Å². The molecule has 3 aromatic carbocycles. The molecule has 3 aromatic rings. The Morgan fingerprint density at radius 2 is 1.35 bits per heavy atom. The second-order valence-electron chi connectivity index (χ2n) is 10.1. The molecule has 0 fully saturated rings. The molecule has 0 spiro atoms. The van der Waals surface area contributed by atoms with Crippen molar-refractivity contribution in [1.82, 2.24) is 4.90 Å².